The number of ketones is 1. The zero-order valence-corrected chi connectivity index (χ0v) is 15.2. The predicted molar refractivity (Wildman–Crippen MR) is 92.5 cm³/mol. The molecular weight excluding hydrogens is 360 g/mol. The summed E-state index contributed by atoms with van der Waals surface area (Å²) in [5.74, 6) is -0.109. The van der Waals surface area contributed by atoms with E-state index in [1.165, 1.54) is 15.7 Å². The van der Waals surface area contributed by atoms with Crippen LogP contribution in [0.3, 0.4) is 0 Å². The summed E-state index contributed by atoms with van der Waals surface area (Å²) in [5.41, 5.74) is 1.59. The molecular formula is C16H17ClN6O3. The fourth-order valence-electron chi connectivity index (χ4n) is 2.65. The highest BCUT2D eigenvalue weighted by Crippen LogP contribution is 2.33. The first-order valence-electron chi connectivity index (χ1n) is 7.80. The van der Waals surface area contributed by atoms with Crippen LogP contribution in [0.5, 0.6) is 11.6 Å². The Labute approximate surface area is 154 Å². The maximum atomic E-state index is 12.9. The van der Waals surface area contributed by atoms with Crippen molar-refractivity contribution in [3.63, 3.8) is 0 Å². The van der Waals surface area contributed by atoms with Gasteiger partial charge in [0.15, 0.2) is 0 Å². The third-order valence-electron chi connectivity index (χ3n) is 3.98. The molecule has 0 atom stereocenters. The van der Waals surface area contributed by atoms with Crippen molar-refractivity contribution in [3.8, 4) is 11.6 Å². The van der Waals surface area contributed by atoms with Crippen LogP contribution in [0.4, 0.5) is 0 Å². The normalized spacial score (nSPS) is 10.9. The monoisotopic (exact) mass is 376 g/mol. The number of nitrogens with zero attached hydrogens (tertiary/aromatic N) is 6. The molecule has 1 aromatic carbocycles. The van der Waals surface area contributed by atoms with Crippen molar-refractivity contribution in [2.75, 3.05) is 6.61 Å². The van der Waals surface area contributed by atoms with E-state index in [0.29, 0.717) is 34.1 Å². The van der Waals surface area contributed by atoms with E-state index in [1.54, 1.807) is 33.0 Å². The Morgan fingerprint density at radius 2 is 2.12 bits per heavy atom. The number of halogens is 1. The molecule has 10 heteroatoms. The van der Waals surface area contributed by atoms with Gasteiger partial charge in [0, 0.05) is 18.2 Å². The third kappa shape index (κ3) is 3.25. The van der Waals surface area contributed by atoms with Crippen molar-refractivity contribution in [3.05, 3.63) is 45.9 Å². The summed E-state index contributed by atoms with van der Waals surface area (Å²) >= 11 is 6.23. The number of tetrazole rings is 1. The molecule has 26 heavy (non-hydrogen) atoms. The number of carbonyl (C=O) groups is 1. The first-order chi connectivity index (χ1) is 12.4. The van der Waals surface area contributed by atoms with E-state index in [1.807, 2.05) is 0 Å². The molecule has 9 nitrogen and oxygen atoms in total. The minimum absolute atomic E-state index is 0.164. The summed E-state index contributed by atoms with van der Waals surface area (Å²) in [6.45, 7) is 4.12. The first kappa shape index (κ1) is 17.9. The lowest BCUT2D eigenvalue weighted by atomic mass is 9.98. The molecule has 0 fully saturated rings. The van der Waals surface area contributed by atoms with Gasteiger partial charge < -0.3 is 9.84 Å². The van der Waals surface area contributed by atoms with Crippen molar-refractivity contribution < 1.29 is 14.6 Å². The van der Waals surface area contributed by atoms with E-state index in [4.69, 9.17) is 16.3 Å². The Balaban J connectivity index is 1.87. The summed E-state index contributed by atoms with van der Waals surface area (Å²) in [5, 5.41) is 25.4. The summed E-state index contributed by atoms with van der Waals surface area (Å²) < 4.78 is 8.53. The molecule has 2 aromatic heterocycles. The van der Waals surface area contributed by atoms with Gasteiger partial charge in [0.05, 0.1) is 17.3 Å². The zero-order valence-electron chi connectivity index (χ0n) is 14.5. The van der Waals surface area contributed by atoms with E-state index in [-0.39, 0.29) is 23.8 Å². The number of carbonyl (C=O) groups excluding carboxylic acids is 1. The van der Waals surface area contributed by atoms with Crippen LogP contribution in [0.2, 0.25) is 5.02 Å². The van der Waals surface area contributed by atoms with E-state index in [2.05, 4.69) is 20.6 Å². The minimum atomic E-state index is -0.340. The van der Waals surface area contributed by atoms with Crippen molar-refractivity contribution in [1.29, 1.82) is 0 Å². The van der Waals surface area contributed by atoms with Crippen LogP contribution < -0.4 is 4.74 Å². The fraction of sp³-hybridized carbons (Fsp3) is 0.312. The van der Waals surface area contributed by atoms with Gasteiger partial charge in [-0.2, -0.15) is 5.10 Å². The van der Waals surface area contributed by atoms with Gasteiger partial charge in [-0.1, -0.05) is 11.6 Å². The number of rotatable bonds is 6. The molecule has 3 rings (SSSR count). The van der Waals surface area contributed by atoms with Crippen LogP contribution in [0, 0.1) is 13.8 Å². The largest absolute Gasteiger partial charge is 0.493 e. The number of aryl methyl sites for hydroxylation is 2. The number of ether oxygens (including phenoxy) is 1. The molecule has 3 aromatic rings. The Kier molecular flexibility index (Phi) is 4.90. The number of hydrogen-bond acceptors (Lipinski definition) is 7. The summed E-state index contributed by atoms with van der Waals surface area (Å²) in [6.07, 6.45) is 1.48. The van der Waals surface area contributed by atoms with Crippen LogP contribution in [-0.4, -0.2) is 47.5 Å². The zero-order chi connectivity index (χ0) is 18.8. The maximum absolute atomic E-state index is 12.9. The lowest BCUT2D eigenvalue weighted by molar-refractivity contribution is 0.103. The van der Waals surface area contributed by atoms with Crippen LogP contribution in [0.25, 0.3) is 0 Å². The SMILES string of the molecule is Cc1nn(C)c(O)c1C(=O)c1ccc(Cl)c(OCCn2cnnn2)c1C. The van der Waals surface area contributed by atoms with E-state index >= 15 is 0 Å². The van der Waals surface area contributed by atoms with Gasteiger partial charge >= 0.3 is 0 Å². The Hall–Kier alpha value is -2.94. The molecule has 0 aliphatic heterocycles. The molecule has 0 spiro atoms. The molecule has 0 radical (unpaired) electrons. The van der Waals surface area contributed by atoms with Crippen molar-refractivity contribution in [2.45, 2.75) is 20.4 Å². The standard InChI is InChI=1S/C16H17ClN6O3/c1-9-11(14(24)13-10(2)19-22(3)16(13)25)4-5-12(17)15(9)26-7-6-23-8-18-20-21-23/h4-5,8,25H,6-7H2,1-3H3. The van der Waals surface area contributed by atoms with Gasteiger partial charge in [0.1, 0.15) is 24.2 Å². The van der Waals surface area contributed by atoms with Gasteiger partial charge in [-0.15, -0.1) is 5.10 Å². The molecule has 1 N–H and O–H groups in total. The lowest BCUT2D eigenvalue weighted by Crippen LogP contribution is -2.11. The summed E-state index contributed by atoms with van der Waals surface area (Å²) in [7, 11) is 1.57. The molecule has 0 bridgehead atoms. The first-order valence-corrected chi connectivity index (χ1v) is 8.18. The maximum Gasteiger partial charge on any atom is 0.220 e. The molecule has 0 amide bonds. The van der Waals surface area contributed by atoms with Gasteiger partial charge in [-0.3, -0.25) is 4.79 Å². The Morgan fingerprint density at radius 1 is 1.35 bits per heavy atom. The topological polar surface area (TPSA) is 108 Å². The average Bonchev–Trinajstić information content (AvgIpc) is 3.19. The fourth-order valence-corrected chi connectivity index (χ4v) is 2.91. The molecule has 0 saturated carbocycles. The highest BCUT2D eigenvalue weighted by atomic mass is 35.5. The second-order valence-corrected chi connectivity index (χ2v) is 6.11. The van der Waals surface area contributed by atoms with Crippen molar-refractivity contribution >= 4 is 17.4 Å². The molecule has 0 aliphatic rings. The van der Waals surface area contributed by atoms with Crippen molar-refractivity contribution in [1.82, 2.24) is 30.0 Å². The molecule has 0 aliphatic carbocycles. The van der Waals surface area contributed by atoms with E-state index in [0.717, 1.165) is 0 Å². The Morgan fingerprint density at radius 3 is 2.73 bits per heavy atom. The number of hydrogen-bond donors (Lipinski definition) is 1. The van der Waals surface area contributed by atoms with Crippen molar-refractivity contribution in [2.24, 2.45) is 7.05 Å². The van der Waals surface area contributed by atoms with Crippen LogP contribution >= 0.6 is 11.6 Å². The number of benzene rings is 1. The molecule has 136 valence electrons. The predicted octanol–water partition coefficient (Wildman–Crippen LogP) is 1.69. The van der Waals surface area contributed by atoms with E-state index < -0.39 is 0 Å². The quantitative estimate of drug-likeness (QED) is 0.652. The van der Waals surface area contributed by atoms with Gasteiger partial charge in [-0.05, 0) is 36.4 Å². The van der Waals surface area contributed by atoms with Gasteiger partial charge in [-0.25, -0.2) is 9.36 Å². The van der Waals surface area contributed by atoms with Crippen LogP contribution in [0.15, 0.2) is 18.5 Å². The molecule has 0 unspecified atom stereocenters. The number of aromatic nitrogens is 6. The number of aromatic hydroxyl groups is 1. The highest BCUT2D eigenvalue weighted by molar-refractivity contribution is 6.32. The smallest absolute Gasteiger partial charge is 0.220 e. The molecule has 0 saturated heterocycles. The lowest BCUT2D eigenvalue weighted by Gasteiger charge is -2.14. The Bertz CT molecular complexity index is 952. The van der Waals surface area contributed by atoms with E-state index in [9.17, 15) is 9.90 Å². The third-order valence-corrected chi connectivity index (χ3v) is 4.28. The second kappa shape index (κ2) is 7.12. The van der Waals surface area contributed by atoms with Crippen LogP contribution in [-0.2, 0) is 13.6 Å². The summed E-state index contributed by atoms with van der Waals surface area (Å²) in [4.78, 5) is 12.9. The second-order valence-electron chi connectivity index (χ2n) is 5.71. The highest BCUT2D eigenvalue weighted by Gasteiger charge is 2.24. The van der Waals surface area contributed by atoms with Crippen LogP contribution in [0.1, 0.15) is 27.2 Å². The average molecular weight is 377 g/mol. The van der Waals surface area contributed by atoms with Gasteiger partial charge in [0.25, 0.3) is 0 Å². The molecule has 2 heterocycles. The van der Waals surface area contributed by atoms with Gasteiger partial charge in [0.2, 0.25) is 11.7 Å². The summed E-state index contributed by atoms with van der Waals surface area (Å²) in [6, 6.07) is 3.21. The minimum Gasteiger partial charge on any atom is -0.493 e.